The highest BCUT2D eigenvalue weighted by Crippen LogP contribution is 2.34. The van der Waals surface area contributed by atoms with Gasteiger partial charge in [-0.2, -0.15) is 0 Å². The van der Waals surface area contributed by atoms with E-state index in [1.807, 2.05) is 19.9 Å². The minimum Gasteiger partial charge on any atom is -0.388 e. The van der Waals surface area contributed by atoms with Crippen LogP contribution in [0.15, 0.2) is 41.0 Å². The molecule has 1 fully saturated rings. The number of piperidine rings is 1. The van der Waals surface area contributed by atoms with Crippen LogP contribution in [0.2, 0.25) is 0 Å². The molecule has 202 valence electrons. The molecule has 0 radical (unpaired) electrons. The first-order chi connectivity index (χ1) is 18.2. The van der Waals surface area contributed by atoms with Crippen LogP contribution in [0, 0.1) is 26.7 Å². The highest BCUT2D eigenvalue weighted by molar-refractivity contribution is 6.08. The molecular weight excluding hydrogens is 474 g/mol. The number of H-pyrrole nitrogens is 1. The number of carbonyl (C=O) groups is 1. The van der Waals surface area contributed by atoms with E-state index in [-0.39, 0.29) is 24.1 Å². The van der Waals surface area contributed by atoms with Crippen LogP contribution < -0.4 is 21.5 Å². The van der Waals surface area contributed by atoms with Crippen LogP contribution in [0.4, 0.5) is 0 Å². The van der Waals surface area contributed by atoms with Crippen molar-refractivity contribution in [2.24, 2.45) is 5.92 Å². The van der Waals surface area contributed by atoms with Gasteiger partial charge in [0.1, 0.15) is 0 Å². The normalized spacial score (nSPS) is 18.5. The van der Waals surface area contributed by atoms with E-state index in [2.05, 4.69) is 70.7 Å². The minimum atomic E-state index is -0.145. The Morgan fingerprint density at radius 3 is 2.50 bits per heavy atom. The lowest BCUT2D eigenvalue weighted by molar-refractivity contribution is 0.0952. The van der Waals surface area contributed by atoms with Gasteiger partial charge in [0.05, 0.1) is 0 Å². The molecule has 1 aromatic carbocycles. The van der Waals surface area contributed by atoms with E-state index < -0.39 is 0 Å². The Labute approximate surface area is 225 Å². The number of hydrogen-bond donors (Lipinski definition) is 4. The second-order valence-corrected chi connectivity index (χ2v) is 11.4. The number of aryl methyl sites for hydroxylation is 3. The van der Waals surface area contributed by atoms with Gasteiger partial charge in [0.15, 0.2) is 0 Å². The summed E-state index contributed by atoms with van der Waals surface area (Å²) in [6.45, 7) is 13.4. The predicted octanol–water partition coefficient (Wildman–Crippen LogP) is 4.73. The summed E-state index contributed by atoms with van der Waals surface area (Å²) in [7, 11) is 0. The highest BCUT2D eigenvalue weighted by atomic mass is 16.1. The molecule has 0 bridgehead atoms. The first kappa shape index (κ1) is 26.3. The van der Waals surface area contributed by atoms with E-state index in [1.54, 1.807) is 0 Å². The van der Waals surface area contributed by atoms with Gasteiger partial charge in [-0.05, 0) is 102 Å². The summed E-state index contributed by atoms with van der Waals surface area (Å²) in [5.74, 6) is 0.778. The number of hydrogen-bond acceptors (Lipinski definition) is 4. The van der Waals surface area contributed by atoms with Gasteiger partial charge < -0.3 is 25.5 Å². The van der Waals surface area contributed by atoms with Crippen molar-refractivity contribution < 1.29 is 4.79 Å². The quantitative estimate of drug-likeness (QED) is 0.382. The van der Waals surface area contributed by atoms with Crippen LogP contribution in [0.1, 0.15) is 83.4 Å². The Hall–Kier alpha value is -3.32. The molecule has 3 aromatic rings. The number of nitrogens with one attached hydrogen (secondary N) is 4. The number of benzene rings is 1. The molecule has 38 heavy (non-hydrogen) atoms. The standard InChI is InChI=1S/C31H41N5O2/c1-18(2)36-17-20(4)29-25(30(37)34-16-26-19(3)12-21(5)35-31(26)38)13-24(14-28(29)36)23-6-7-27(33-15-23)22-8-10-32-11-9-22/h7,12-14,17-18,22-23,32-33H,6,8-11,15-16H2,1-5H3,(H,34,37)(H,35,38). The number of rotatable bonds is 6. The van der Waals surface area contributed by atoms with Crippen molar-refractivity contribution in [1.82, 2.24) is 25.5 Å². The third kappa shape index (κ3) is 5.17. The molecule has 7 nitrogen and oxygen atoms in total. The molecule has 5 rings (SSSR count). The molecule has 1 amide bonds. The van der Waals surface area contributed by atoms with Crippen molar-refractivity contribution in [2.75, 3.05) is 19.6 Å². The SMILES string of the molecule is Cc1cc(C)c(CNC(=O)c2cc(C3CC=C(C4CCNCC4)NC3)cc3c2c(C)cn3C(C)C)c(=O)[nH]1. The molecule has 4 N–H and O–H groups in total. The third-order valence-electron chi connectivity index (χ3n) is 8.29. The molecule has 0 saturated carbocycles. The van der Waals surface area contributed by atoms with Crippen LogP contribution in [-0.2, 0) is 6.54 Å². The van der Waals surface area contributed by atoms with Crippen molar-refractivity contribution >= 4 is 16.8 Å². The number of fused-ring (bicyclic) bond motifs is 1. The maximum atomic E-state index is 13.7. The fourth-order valence-electron chi connectivity index (χ4n) is 6.18. The highest BCUT2D eigenvalue weighted by Gasteiger charge is 2.25. The smallest absolute Gasteiger partial charge is 0.253 e. The van der Waals surface area contributed by atoms with E-state index in [0.29, 0.717) is 23.0 Å². The average Bonchev–Trinajstić information content (AvgIpc) is 3.24. The van der Waals surface area contributed by atoms with Crippen molar-refractivity contribution in [3.8, 4) is 0 Å². The molecule has 7 heteroatoms. The first-order valence-corrected chi connectivity index (χ1v) is 14.0. The van der Waals surface area contributed by atoms with Crippen molar-refractivity contribution in [2.45, 2.75) is 72.4 Å². The molecule has 1 atom stereocenters. The summed E-state index contributed by atoms with van der Waals surface area (Å²) in [5.41, 5.74) is 7.60. The number of aromatic nitrogens is 2. The van der Waals surface area contributed by atoms with Crippen LogP contribution >= 0.6 is 0 Å². The zero-order valence-electron chi connectivity index (χ0n) is 23.3. The summed E-state index contributed by atoms with van der Waals surface area (Å²) in [6.07, 6.45) is 7.87. The first-order valence-electron chi connectivity index (χ1n) is 14.0. The zero-order chi connectivity index (χ0) is 27.0. The van der Waals surface area contributed by atoms with Gasteiger partial charge in [-0.15, -0.1) is 0 Å². The van der Waals surface area contributed by atoms with Crippen LogP contribution in [-0.4, -0.2) is 35.1 Å². The molecule has 1 saturated heterocycles. The van der Waals surface area contributed by atoms with E-state index in [9.17, 15) is 9.59 Å². The van der Waals surface area contributed by atoms with Gasteiger partial charge in [0, 0.05) is 70.6 Å². The van der Waals surface area contributed by atoms with Gasteiger partial charge in [-0.3, -0.25) is 9.59 Å². The average molecular weight is 516 g/mol. The third-order valence-corrected chi connectivity index (χ3v) is 8.29. The summed E-state index contributed by atoms with van der Waals surface area (Å²) < 4.78 is 2.27. The second kappa shape index (κ2) is 10.8. The van der Waals surface area contributed by atoms with Gasteiger partial charge in [-0.25, -0.2) is 0 Å². The number of aromatic amines is 1. The Balaban J connectivity index is 1.47. The fourth-order valence-corrected chi connectivity index (χ4v) is 6.18. The largest absolute Gasteiger partial charge is 0.388 e. The Morgan fingerprint density at radius 1 is 1.08 bits per heavy atom. The molecule has 4 heterocycles. The van der Waals surface area contributed by atoms with Gasteiger partial charge >= 0.3 is 0 Å². The zero-order valence-corrected chi connectivity index (χ0v) is 23.3. The summed E-state index contributed by atoms with van der Waals surface area (Å²) in [4.78, 5) is 29.1. The summed E-state index contributed by atoms with van der Waals surface area (Å²) in [6, 6.07) is 6.58. The molecule has 1 unspecified atom stereocenters. The lowest BCUT2D eigenvalue weighted by atomic mass is 9.86. The van der Waals surface area contributed by atoms with Gasteiger partial charge in [0.2, 0.25) is 0 Å². The van der Waals surface area contributed by atoms with Crippen LogP contribution in [0.25, 0.3) is 10.9 Å². The Bertz CT molecular complexity index is 1440. The van der Waals surface area contributed by atoms with E-state index in [0.717, 1.165) is 53.8 Å². The molecular formula is C31H41N5O2. The van der Waals surface area contributed by atoms with Gasteiger partial charge in [-0.1, -0.05) is 6.08 Å². The molecule has 2 aromatic heterocycles. The second-order valence-electron chi connectivity index (χ2n) is 11.4. The number of nitrogens with zero attached hydrogens (tertiary/aromatic N) is 1. The van der Waals surface area contributed by atoms with E-state index in [4.69, 9.17) is 0 Å². The summed E-state index contributed by atoms with van der Waals surface area (Å²) in [5, 5.41) is 11.2. The summed E-state index contributed by atoms with van der Waals surface area (Å²) >= 11 is 0. The predicted molar refractivity (Wildman–Crippen MR) is 154 cm³/mol. The fraction of sp³-hybridized carbons (Fsp3) is 0.484. The Kier molecular flexibility index (Phi) is 7.48. The monoisotopic (exact) mass is 515 g/mol. The number of amides is 1. The van der Waals surface area contributed by atoms with Crippen LogP contribution in [0.5, 0.6) is 0 Å². The number of pyridine rings is 1. The van der Waals surface area contributed by atoms with E-state index in [1.165, 1.54) is 24.1 Å². The molecule has 2 aliphatic heterocycles. The Morgan fingerprint density at radius 2 is 1.84 bits per heavy atom. The van der Waals surface area contributed by atoms with Crippen LogP contribution in [0.3, 0.4) is 0 Å². The number of allylic oxidation sites excluding steroid dienone is 2. The lowest BCUT2D eigenvalue weighted by Crippen LogP contribution is -2.35. The molecule has 0 spiro atoms. The van der Waals surface area contributed by atoms with Gasteiger partial charge in [0.25, 0.3) is 11.5 Å². The van der Waals surface area contributed by atoms with Crippen molar-refractivity contribution in [3.63, 3.8) is 0 Å². The van der Waals surface area contributed by atoms with E-state index >= 15 is 0 Å². The molecule has 2 aliphatic rings. The number of carbonyl (C=O) groups excluding carboxylic acids is 1. The topological polar surface area (TPSA) is 90.9 Å². The van der Waals surface area contributed by atoms with Crippen molar-refractivity contribution in [3.05, 3.63) is 80.0 Å². The lowest BCUT2D eigenvalue weighted by Gasteiger charge is -2.31. The maximum absolute atomic E-state index is 13.7. The minimum absolute atomic E-state index is 0.143. The van der Waals surface area contributed by atoms with Crippen molar-refractivity contribution in [1.29, 1.82) is 0 Å². The maximum Gasteiger partial charge on any atom is 0.253 e. The molecule has 0 aliphatic carbocycles.